The number of hydrogen-bond donors (Lipinski definition) is 2. The van der Waals surface area contributed by atoms with E-state index in [-0.39, 0.29) is 6.03 Å². The van der Waals surface area contributed by atoms with Crippen molar-refractivity contribution in [3.8, 4) is 11.5 Å². The van der Waals surface area contributed by atoms with Crippen LogP contribution >= 0.6 is 11.6 Å². The third-order valence-electron chi connectivity index (χ3n) is 5.22. The second kappa shape index (κ2) is 8.52. The highest BCUT2D eigenvalue weighted by Crippen LogP contribution is 2.28. The fourth-order valence-corrected chi connectivity index (χ4v) is 3.63. The number of carbonyl (C=O) groups is 1. The van der Waals surface area contributed by atoms with Gasteiger partial charge in [0.1, 0.15) is 5.52 Å². The van der Waals surface area contributed by atoms with Gasteiger partial charge in [-0.15, -0.1) is 0 Å². The van der Waals surface area contributed by atoms with Crippen LogP contribution in [0, 0.1) is 0 Å². The maximum atomic E-state index is 12.7. The SMILES string of the molecule is C=C(C)c1cccc(C(C)(C)NC(=O)Nc2ccc3nc(-c4cccc(Cl)c4)oc3c2)c1. The number of hydrogen-bond acceptors (Lipinski definition) is 3. The lowest BCUT2D eigenvalue weighted by molar-refractivity contribution is 0.242. The molecule has 1 heterocycles. The Morgan fingerprint density at radius 3 is 2.59 bits per heavy atom. The molecule has 0 aliphatic heterocycles. The number of halogens is 1. The first-order valence-corrected chi connectivity index (χ1v) is 10.6. The van der Waals surface area contributed by atoms with Crippen molar-refractivity contribution < 1.29 is 9.21 Å². The topological polar surface area (TPSA) is 67.2 Å². The molecule has 0 saturated carbocycles. The number of oxazole rings is 1. The van der Waals surface area contributed by atoms with Gasteiger partial charge in [-0.2, -0.15) is 0 Å². The molecule has 32 heavy (non-hydrogen) atoms. The smallest absolute Gasteiger partial charge is 0.319 e. The van der Waals surface area contributed by atoms with E-state index in [0.717, 1.165) is 22.3 Å². The lowest BCUT2D eigenvalue weighted by Crippen LogP contribution is -2.43. The molecule has 3 aromatic carbocycles. The number of anilines is 1. The molecule has 0 saturated heterocycles. The summed E-state index contributed by atoms with van der Waals surface area (Å²) in [5.41, 5.74) is 5.11. The number of fused-ring (bicyclic) bond motifs is 1. The molecule has 2 amide bonds. The van der Waals surface area contributed by atoms with Crippen molar-refractivity contribution >= 4 is 40.0 Å². The summed E-state index contributed by atoms with van der Waals surface area (Å²) in [6.07, 6.45) is 0. The molecule has 0 atom stereocenters. The van der Waals surface area contributed by atoms with E-state index in [1.807, 2.05) is 63.2 Å². The highest BCUT2D eigenvalue weighted by molar-refractivity contribution is 6.30. The Labute approximate surface area is 192 Å². The van der Waals surface area contributed by atoms with Crippen LogP contribution in [0.4, 0.5) is 10.5 Å². The third-order valence-corrected chi connectivity index (χ3v) is 5.46. The second-order valence-corrected chi connectivity index (χ2v) is 8.71. The van der Waals surface area contributed by atoms with Gasteiger partial charge in [0.25, 0.3) is 0 Å². The fourth-order valence-electron chi connectivity index (χ4n) is 3.44. The number of urea groups is 1. The number of nitrogens with one attached hydrogen (secondary N) is 2. The molecule has 0 aliphatic carbocycles. The van der Waals surface area contributed by atoms with E-state index in [2.05, 4.69) is 22.2 Å². The molecule has 0 bridgehead atoms. The summed E-state index contributed by atoms with van der Waals surface area (Å²) >= 11 is 6.07. The zero-order valence-electron chi connectivity index (χ0n) is 18.2. The molecule has 1 aromatic heterocycles. The highest BCUT2D eigenvalue weighted by Gasteiger charge is 2.23. The van der Waals surface area contributed by atoms with E-state index in [9.17, 15) is 4.79 Å². The Morgan fingerprint density at radius 2 is 1.84 bits per heavy atom. The first-order chi connectivity index (χ1) is 15.2. The lowest BCUT2D eigenvalue weighted by atomic mass is 9.92. The van der Waals surface area contributed by atoms with E-state index >= 15 is 0 Å². The second-order valence-electron chi connectivity index (χ2n) is 8.28. The summed E-state index contributed by atoms with van der Waals surface area (Å²) in [5, 5.41) is 6.52. The third kappa shape index (κ3) is 4.68. The molecular formula is C26H24ClN3O2. The van der Waals surface area contributed by atoms with Crippen molar-refractivity contribution in [3.05, 3.63) is 89.5 Å². The van der Waals surface area contributed by atoms with Crippen molar-refractivity contribution in [3.63, 3.8) is 0 Å². The predicted molar refractivity (Wildman–Crippen MR) is 131 cm³/mol. The Hall–Kier alpha value is -3.57. The van der Waals surface area contributed by atoms with Crippen LogP contribution in [0.5, 0.6) is 0 Å². The summed E-state index contributed by atoms with van der Waals surface area (Å²) in [7, 11) is 0. The maximum Gasteiger partial charge on any atom is 0.319 e. The van der Waals surface area contributed by atoms with Crippen LogP contribution in [0.15, 0.2) is 77.7 Å². The number of allylic oxidation sites excluding steroid dienone is 1. The minimum atomic E-state index is -0.578. The molecule has 2 N–H and O–H groups in total. The number of nitrogens with zero attached hydrogens (tertiary/aromatic N) is 1. The molecule has 0 radical (unpaired) electrons. The number of carbonyl (C=O) groups excluding carboxylic acids is 1. The molecule has 4 aromatic rings. The molecule has 0 fully saturated rings. The number of aromatic nitrogens is 1. The zero-order valence-corrected chi connectivity index (χ0v) is 19.0. The van der Waals surface area contributed by atoms with Gasteiger partial charge < -0.3 is 15.1 Å². The van der Waals surface area contributed by atoms with Crippen LogP contribution in [0.3, 0.4) is 0 Å². The molecule has 0 unspecified atom stereocenters. The first-order valence-electron chi connectivity index (χ1n) is 10.2. The van der Waals surface area contributed by atoms with Crippen molar-refractivity contribution in [2.45, 2.75) is 26.3 Å². The van der Waals surface area contributed by atoms with E-state index in [1.54, 1.807) is 24.3 Å². The summed E-state index contributed by atoms with van der Waals surface area (Å²) in [5.74, 6) is 0.475. The summed E-state index contributed by atoms with van der Waals surface area (Å²) < 4.78 is 5.89. The lowest BCUT2D eigenvalue weighted by Gasteiger charge is -2.27. The monoisotopic (exact) mass is 445 g/mol. The largest absolute Gasteiger partial charge is 0.436 e. The van der Waals surface area contributed by atoms with Gasteiger partial charge in [-0.1, -0.05) is 48.0 Å². The molecule has 0 spiro atoms. The molecule has 5 nitrogen and oxygen atoms in total. The van der Waals surface area contributed by atoms with E-state index in [4.69, 9.17) is 16.0 Å². The molecular weight excluding hydrogens is 422 g/mol. The van der Waals surface area contributed by atoms with Gasteiger partial charge in [-0.05, 0) is 68.3 Å². The van der Waals surface area contributed by atoms with E-state index < -0.39 is 5.54 Å². The van der Waals surface area contributed by atoms with E-state index in [1.165, 1.54) is 0 Å². The van der Waals surface area contributed by atoms with Crippen molar-refractivity contribution in [1.82, 2.24) is 10.3 Å². The number of benzene rings is 3. The van der Waals surface area contributed by atoms with E-state index in [0.29, 0.717) is 27.7 Å². The van der Waals surface area contributed by atoms with Crippen LogP contribution in [0.25, 0.3) is 28.1 Å². The Morgan fingerprint density at radius 1 is 1.06 bits per heavy atom. The summed E-state index contributed by atoms with van der Waals surface area (Å²) in [6, 6.07) is 20.4. The van der Waals surface area contributed by atoms with Gasteiger partial charge in [-0.25, -0.2) is 9.78 Å². The molecule has 162 valence electrons. The van der Waals surface area contributed by atoms with Crippen LogP contribution in [0.1, 0.15) is 31.9 Å². The fraction of sp³-hybridized carbons (Fsp3) is 0.154. The van der Waals surface area contributed by atoms with Gasteiger partial charge in [0.05, 0.1) is 5.54 Å². The van der Waals surface area contributed by atoms with Gasteiger partial charge in [0, 0.05) is 22.3 Å². The predicted octanol–water partition coefficient (Wildman–Crippen LogP) is 7.24. The van der Waals surface area contributed by atoms with Crippen LogP contribution in [0.2, 0.25) is 5.02 Å². The van der Waals surface area contributed by atoms with Crippen molar-refractivity contribution in [2.24, 2.45) is 0 Å². The van der Waals surface area contributed by atoms with Crippen molar-refractivity contribution in [1.29, 1.82) is 0 Å². The summed E-state index contributed by atoms with van der Waals surface area (Å²) in [4.78, 5) is 17.2. The summed E-state index contributed by atoms with van der Waals surface area (Å²) in [6.45, 7) is 9.88. The standard InChI is InChI=1S/C26H24ClN3O2/c1-16(2)17-7-5-9-19(13-17)26(3,4)30-25(31)28-21-11-12-22-23(15-21)32-24(29-22)18-8-6-10-20(27)14-18/h5-15H,1H2,2-4H3,(H2,28,30,31). The van der Waals surface area contributed by atoms with Gasteiger partial charge in [-0.3, -0.25) is 0 Å². The van der Waals surface area contributed by atoms with Gasteiger partial charge in [0.2, 0.25) is 5.89 Å². The molecule has 4 rings (SSSR count). The highest BCUT2D eigenvalue weighted by atomic mass is 35.5. The van der Waals surface area contributed by atoms with Crippen LogP contribution in [-0.2, 0) is 5.54 Å². The first kappa shape index (κ1) is 21.7. The quantitative estimate of drug-likeness (QED) is 0.340. The number of amides is 2. The average Bonchev–Trinajstić information content (AvgIpc) is 3.17. The average molecular weight is 446 g/mol. The van der Waals surface area contributed by atoms with Gasteiger partial charge >= 0.3 is 6.03 Å². The maximum absolute atomic E-state index is 12.7. The minimum Gasteiger partial charge on any atom is -0.436 e. The molecule has 6 heteroatoms. The van der Waals surface area contributed by atoms with Gasteiger partial charge in [0.15, 0.2) is 5.58 Å². The normalized spacial score (nSPS) is 11.4. The zero-order chi connectivity index (χ0) is 22.9. The van der Waals surface area contributed by atoms with Crippen LogP contribution < -0.4 is 10.6 Å². The van der Waals surface area contributed by atoms with Crippen molar-refractivity contribution in [2.75, 3.05) is 5.32 Å². The Kier molecular flexibility index (Phi) is 5.76. The molecule has 0 aliphatic rings. The minimum absolute atomic E-state index is 0.315. The number of rotatable bonds is 5. The Balaban J connectivity index is 1.51. The van der Waals surface area contributed by atoms with Crippen LogP contribution in [-0.4, -0.2) is 11.0 Å². The Bertz CT molecular complexity index is 1320.